The van der Waals surface area contributed by atoms with Gasteiger partial charge in [-0.05, 0) is 48.4 Å². The Morgan fingerprint density at radius 3 is 2.56 bits per heavy atom. The lowest BCUT2D eigenvalue weighted by atomic mass is 9.93. The van der Waals surface area contributed by atoms with Crippen molar-refractivity contribution in [3.05, 3.63) is 74.9 Å². The molecule has 0 spiro atoms. The highest BCUT2D eigenvalue weighted by Crippen LogP contribution is 2.40. The van der Waals surface area contributed by atoms with Gasteiger partial charge in [0.15, 0.2) is 5.69 Å². The first-order valence-electron chi connectivity index (χ1n) is 12.6. The molecule has 1 unspecified atom stereocenters. The maximum atomic E-state index is 13.3. The van der Waals surface area contributed by atoms with E-state index >= 15 is 0 Å². The van der Waals surface area contributed by atoms with Crippen LogP contribution in [0.5, 0.6) is 0 Å². The number of halogens is 1. The fourth-order valence-corrected chi connectivity index (χ4v) is 5.34. The molecule has 1 aliphatic rings. The first kappa shape index (κ1) is 24.7. The summed E-state index contributed by atoms with van der Waals surface area (Å²) in [4.78, 5) is 13.3. The molecule has 5 heteroatoms. The van der Waals surface area contributed by atoms with Crippen LogP contribution in [0.3, 0.4) is 0 Å². The fraction of sp³-hybridized carbons (Fsp3) is 0.448. The lowest BCUT2D eigenvalue weighted by molar-refractivity contribution is 0.0940. The normalized spacial score (nSPS) is 13.1. The number of rotatable bonds is 10. The molecule has 0 aliphatic heterocycles. The van der Waals surface area contributed by atoms with Crippen molar-refractivity contribution in [2.45, 2.75) is 66.3 Å². The van der Waals surface area contributed by atoms with Crippen molar-refractivity contribution in [1.29, 1.82) is 0 Å². The van der Waals surface area contributed by atoms with Gasteiger partial charge in [-0.15, -0.1) is 0 Å². The second kappa shape index (κ2) is 10.9. The van der Waals surface area contributed by atoms with E-state index in [1.165, 1.54) is 41.5 Å². The maximum absolute atomic E-state index is 13.3. The molecule has 0 fully saturated rings. The Hall–Kier alpha value is -2.40. The number of aromatic nitrogens is 2. The van der Waals surface area contributed by atoms with E-state index in [9.17, 15) is 4.79 Å². The smallest absolute Gasteiger partial charge is 0.272 e. The molecule has 1 aromatic heterocycles. The zero-order chi connectivity index (χ0) is 24.2. The van der Waals surface area contributed by atoms with Crippen LogP contribution in [-0.2, 0) is 13.0 Å². The van der Waals surface area contributed by atoms with E-state index in [4.69, 9.17) is 5.10 Å². The average molecular weight is 523 g/mol. The lowest BCUT2D eigenvalue weighted by Crippen LogP contribution is -2.29. The molecule has 1 N–H and O–H groups in total. The van der Waals surface area contributed by atoms with Gasteiger partial charge < -0.3 is 5.32 Å². The van der Waals surface area contributed by atoms with Crippen LogP contribution in [-0.4, -0.2) is 22.2 Å². The van der Waals surface area contributed by atoms with Crippen LogP contribution in [0.25, 0.3) is 11.3 Å². The number of hydrogen-bond acceptors (Lipinski definition) is 2. The van der Waals surface area contributed by atoms with Crippen molar-refractivity contribution in [2.24, 2.45) is 11.8 Å². The molecule has 34 heavy (non-hydrogen) atoms. The summed E-state index contributed by atoms with van der Waals surface area (Å²) in [6.07, 6.45) is 5.58. The van der Waals surface area contributed by atoms with E-state index in [1.54, 1.807) is 0 Å². The molecule has 2 aromatic carbocycles. The Morgan fingerprint density at radius 1 is 1.12 bits per heavy atom. The fourth-order valence-electron chi connectivity index (χ4n) is 4.93. The van der Waals surface area contributed by atoms with Crippen LogP contribution in [0.1, 0.15) is 79.2 Å². The van der Waals surface area contributed by atoms with Gasteiger partial charge in [-0.3, -0.25) is 9.48 Å². The van der Waals surface area contributed by atoms with Gasteiger partial charge in [0.25, 0.3) is 5.91 Å². The molecule has 1 aliphatic carbocycles. The predicted molar refractivity (Wildman–Crippen MR) is 143 cm³/mol. The van der Waals surface area contributed by atoms with Crippen LogP contribution >= 0.6 is 15.9 Å². The molecule has 180 valence electrons. The largest absolute Gasteiger partial charge is 0.350 e. The van der Waals surface area contributed by atoms with Crippen LogP contribution < -0.4 is 5.32 Å². The molecule has 1 amide bonds. The molecular weight excluding hydrogens is 486 g/mol. The van der Waals surface area contributed by atoms with E-state index in [0.29, 0.717) is 24.7 Å². The molecule has 0 saturated heterocycles. The Morgan fingerprint density at radius 2 is 1.85 bits per heavy atom. The summed E-state index contributed by atoms with van der Waals surface area (Å²) in [5, 5.41) is 8.03. The van der Waals surface area contributed by atoms with Crippen molar-refractivity contribution in [3.8, 4) is 11.3 Å². The lowest BCUT2D eigenvalue weighted by Gasteiger charge is -2.16. The van der Waals surface area contributed by atoms with Gasteiger partial charge in [0.1, 0.15) is 0 Å². The van der Waals surface area contributed by atoms with Gasteiger partial charge in [-0.1, -0.05) is 91.9 Å². The molecule has 0 bridgehead atoms. The van der Waals surface area contributed by atoms with Crippen LogP contribution in [0.15, 0.2) is 46.9 Å². The number of amides is 1. The summed E-state index contributed by atoms with van der Waals surface area (Å²) in [5.74, 6) is 1.19. The van der Waals surface area contributed by atoms with Crippen molar-refractivity contribution >= 4 is 21.8 Å². The summed E-state index contributed by atoms with van der Waals surface area (Å²) < 4.78 is 3.08. The third-order valence-corrected chi connectivity index (χ3v) is 7.73. The number of carbonyl (C=O) groups excluding carboxylic acids is 1. The van der Waals surface area contributed by atoms with Crippen molar-refractivity contribution in [3.63, 3.8) is 0 Å². The number of hydrogen-bond donors (Lipinski definition) is 1. The zero-order valence-corrected chi connectivity index (χ0v) is 22.4. The van der Waals surface area contributed by atoms with Gasteiger partial charge in [0, 0.05) is 28.6 Å². The van der Waals surface area contributed by atoms with Gasteiger partial charge >= 0.3 is 0 Å². The molecule has 3 aromatic rings. The van der Waals surface area contributed by atoms with E-state index in [-0.39, 0.29) is 5.91 Å². The van der Waals surface area contributed by atoms with Crippen LogP contribution in [0.4, 0.5) is 0 Å². The molecule has 4 nitrogen and oxygen atoms in total. The SMILES string of the molecule is CCC(CC)CCC(C)CNC(=O)c1nn(Cc2ccc(C)cc2)c2c1Cc1cc(Br)ccc1-2. The predicted octanol–water partition coefficient (Wildman–Crippen LogP) is 7.16. The van der Waals surface area contributed by atoms with Gasteiger partial charge in [-0.25, -0.2) is 0 Å². The Kier molecular flexibility index (Phi) is 7.92. The summed E-state index contributed by atoms with van der Waals surface area (Å²) in [6.45, 7) is 10.2. The third-order valence-electron chi connectivity index (χ3n) is 7.24. The van der Waals surface area contributed by atoms with Crippen molar-refractivity contribution < 1.29 is 4.79 Å². The number of carbonyl (C=O) groups is 1. The highest BCUT2D eigenvalue weighted by molar-refractivity contribution is 9.10. The highest BCUT2D eigenvalue weighted by Gasteiger charge is 2.30. The minimum atomic E-state index is -0.0554. The highest BCUT2D eigenvalue weighted by atomic mass is 79.9. The monoisotopic (exact) mass is 521 g/mol. The molecule has 0 saturated carbocycles. The van der Waals surface area contributed by atoms with E-state index in [2.05, 4.69) is 91.4 Å². The van der Waals surface area contributed by atoms with Gasteiger partial charge in [0.2, 0.25) is 0 Å². The molecule has 1 atom stereocenters. The summed E-state index contributed by atoms with van der Waals surface area (Å²) in [7, 11) is 0. The summed E-state index contributed by atoms with van der Waals surface area (Å²) in [6, 6.07) is 14.9. The molecule has 4 rings (SSSR count). The summed E-state index contributed by atoms with van der Waals surface area (Å²) >= 11 is 3.60. The number of nitrogens with one attached hydrogen (secondary N) is 1. The second-order valence-corrected chi connectivity index (χ2v) is 10.8. The number of fused-ring (bicyclic) bond motifs is 3. The molecule has 1 heterocycles. The van der Waals surface area contributed by atoms with E-state index < -0.39 is 0 Å². The van der Waals surface area contributed by atoms with Crippen molar-refractivity contribution in [2.75, 3.05) is 6.54 Å². The zero-order valence-electron chi connectivity index (χ0n) is 20.8. The third kappa shape index (κ3) is 5.46. The Balaban J connectivity index is 1.54. The molecular formula is C29H36BrN3O. The van der Waals surface area contributed by atoms with Gasteiger partial charge in [-0.2, -0.15) is 5.10 Å². The topological polar surface area (TPSA) is 46.9 Å². The summed E-state index contributed by atoms with van der Waals surface area (Å²) in [5.41, 5.74) is 7.54. The van der Waals surface area contributed by atoms with Crippen LogP contribution in [0, 0.1) is 18.8 Å². The first-order valence-corrected chi connectivity index (χ1v) is 13.4. The number of benzene rings is 2. The Bertz CT molecular complexity index is 1140. The number of nitrogens with zero attached hydrogens (tertiary/aromatic N) is 2. The van der Waals surface area contributed by atoms with E-state index in [1.807, 2.05) is 4.68 Å². The Labute approximate surface area is 212 Å². The quantitative estimate of drug-likeness (QED) is 0.240. The minimum Gasteiger partial charge on any atom is -0.350 e. The molecule has 0 radical (unpaired) electrons. The first-order chi connectivity index (χ1) is 16.4. The van der Waals surface area contributed by atoms with Crippen molar-refractivity contribution in [1.82, 2.24) is 15.1 Å². The van der Waals surface area contributed by atoms with Crippen LogP contribution in [0.2, 0.25) is 0 Å². The maximum Gasteiger partial charge on any atom is 0.272 e. The minimum absolute atomic E-state index is 0.0554. The second-order valence-electron chi connectivity index (χ2n) is 9.87. The van der Waals surface area contributed by atoms with E-state index in [0.717, 1.165) is 34.5 Å². The standard InChI is InChI=1S/C29H36BrN3O/c1-5-21(6-2)10-9-20(4)17-31-29(34)27-26-16-23-15-24(30)13-14-25(23)28(26)33(32-27)18-22-11-7-19(3)8-12-22/h7-8,11-15,20-21H,5-6,9-10,16-18H2,1-4H3,(H,31,34). The average Bonchev–Trinajstić information content (AvgIpc) is 3.36. The number of aryl methyl sites for hydroxylation is 1. The van der Waals surface area contributed by atoms with Gasteiger partial charge in [0.05, 0.1) is 12.2 Å².